The Bertz CT molecular complexity index is 1100. The molecule has 0 aliphatic heterocycles. The normalized spacial score (nSPS) is 18.9. The number of carbonyl (C=O) groups is 1. The SMILES string of the molecule is CN(C)c1cc2nn(C3CC(C(C)(C)O)C3)cc2cc1NC(=O)c1cccc(F)n1. The van der Waals surface area contributed by atoms with Gasteiger partial charge in [0.05, 0.1) is 28.5 Å². The second kappa shape index (κ2) is 7.36. The highest BCUT2D eigenvalue weighted by Crippen LogP contribution is 2.44. The molecule has 1 saturated carbocycles. The zero-order valence-corrected chi connectivity index (χ0v) is 17.6. The molecule has 1 aromatic carbocycles. The van der Waals surface area contributed by atoms with Gasteiger partial charge in [-0.25, -0.2) is 4.98 Å². The van der Waals surface area contributed by atoms with Crippen molar-refractivity contribution in [2.24, 2.45) is 5.92 Å². The number of halogens is 1. The lowest BCUT2D eigenvalue weighted by molar-refractivity contribution is -0.0412. The molecular formula is C22H26FN5O2. The van der Waals surface area contributed by atoms with Crippen LogP contribution in [0.25, 0.3) is 10.9 Å². The lowest BCUT2D eigenvalue weighted by atomic mass is 9.71. The molecular weight excluding hydrogens is 385 g/mol. The molecule has 1 aliphatic rings. The van der Waals surface area contributed by atoms with Crippen molar-refractivity contribution < 1.29 is 14.3 Å². The summed E-state index contributed by atoms with van der Waals surface area (Å²) in [5, 5.41) is 18.6. The van der Waals surface area contributed by atoms with E-state index in [1.807, 2.05) is 55.9 Å². The third-order valence-corrected chi connectivity index (χ3v) is 5.80. The van der Waals surface area contributed by atoms with Gasteiger partial charge in [0.25, 0.3) is 5.91 Å². The third-order valence-electron chi connectivity index (χ3n) is 5.80. The molecule has 158 valence electrons. The summed E-state index contributed by atoms with van der Waals surface area (Å²) in [5.41, 5.74) is 1.56. The largest absolute Gasteiger partial charge is 0.390 e. The highest BCUT2D eigenvalue weighted by molar-refractivity contribution is 6.06. The molecule has 0 radical (unpaired) electrons. The van der Waals surface area contributed by atoms with Crippen LogP contribution in [0.5, 0.6) is 0 Å². The summed E-state index contributed by atoms with van der Waals surface area (Å²) in [6.07, 6.45) is 3.73. The average molecular weight is 411 g/mol. The number of fused-ring (bicyclic) bond motifs is 1. The minimum atomic E-state index is -0.697. The van der Waals surface area contributed by atoms with Crippen LogP contribution in [0.2, 0.25) is 0 Å². The maximum Gasteiger partial charge on any atom is 0.274 e. The van der Waals surface area contributed by atoms with E-state index in [4.69, 9.17) is 5.10 Å². The Balaban J connectivity index is 1.62. The maximum absolute atomic E-state index is 13.4. The van der Waals surface area contributed by atoms with Crippen molar-refractivity contribution in [3.63, 3.8) is 0 Å². The molecule has 0 bridgehead atoms. The lowest BCUT2D eigenvalue weighted by Crippen LogP contribution is -2.41. The fourth-order valence-corrected chi connectivity index (χ4v) is 3.84. The van der Waals surface area contributed by atoms with Gasteiger partial charge in [0.15, 0.2) is 0 Å². The van der Waals surface area contributed by atoms with Crippen LogP contribution in [-0.2, 0) is 0 Å². The number of hydrogen-bond donors (Lipinski definition) is 2. The molecule has 1 fully saturated rings. The van der Waals surface area contributed by atoms with E-state index in [0.717, 1.165) is 29.4 Å². The molecule has 7 nitrogen and oxygen atoms in total. The Morgan fingerprint density at radius 3 is 2.67 bits per heavy atom. The summed E-state index contributed by atoms with van der Waals surface area (Å²) in [5.74, 6) is -0.908. The molecule has 3 aromatic rings. The van der Waals surface area contributed by atoms with E-state index in [0.29, 0.717) is 5.69 Å². The first-order chi connectivity index (χ1) is 14.1. The number of rotatable bonds is 5. The van der Waals surface area contributed by atoms with Crippen molar-refractivity contribution in [1.29, 1.82) is 0 Å². The van der Waals surface area contributed by atoms with Crippen LogP contribution in [0.3, 0.4) is 0 Å². The van der Waals surface area contributed by atoms with Gasteiger partial charge in [0.1, 0.15) is 5.69 Å². The molecule has 4 rings (SSSR count). The Kier molecular flexibility index (Phi) is 4.97. The van der Waals surface area contributed by atoms with E-state index >= 15 is 0 Å². The summed E-state index contributed by atoms with van der Waals surface area (Å²) in [6.45, 7) is 3.69. The van der Waals surface area contributed by atoms with Gasteiger partial charge in [-0.1, -0.05) is 6.07 Å². The van der Waals surface area contributed by atoms with Crippen LogP contribution < -0.4 is 10.2 Å². The summed E-state index contributed by atoms with van der Waals surface area (Å²) >= 11 is 0. The van der Waals surface area contributed by atoms with E-state index in [9.17, 15) is 14.3 Å². The quantitative estimate of drug-likeness (QED) is 0.627. The number of benzene rings is 1. The molecule has 1 aliphatic carbocycles. The van der Waals surface area contributed by atoms with Crippen LogP contribution in [0.15, 0.2) is 36.5 Å². The zero-order valence-electron chi connectivity index (χ0n) is 17.6. The van der Waals surface area contributed by atoms with E-state index in [1.165, 1.54) is 18.2 Å². The Morgan fingerprint density at radius 1 is 1.30 bits per heavy atom. The number of aliphatic hydroxyl groups is 1. The standard InChI is InChI=1S/C22H26FN5O2/c1-22(2,30)14-9-15(10-14)28-12-13-8-18(19(27(3)4)11-17(13)26-28)25-21(29)16-6-5-7-20(23)24-16/h5-8,11-12,14-15,30H,9-10H2,1-4H3,(H,25,29). The molecule has 1 amide bonds. The molecule has 0 spiro atoms. The number of anilines is 2. The van der Waals surface area contributed by atoms with E-state index < -0.39 is 17.5 Å². The van der Waals surface area contributed by atoms with Crippen molar-refractivity contribution in [3.05, 3.63) is 48.2 Å². The monoisotopic (exact) mass is 411 g/mol. The second-order valence-electron chi connectivity index (χ2n) is 8.71. The van der Waals surface area contributed by atoms with Gasteiger partial charge in [-0.05, 0) is 56.9 Å². The fourth-order valence-electron chi connectivity index (χ4n) is 3.84. The van der Waals surface area contributed by atoms with Crippen LogP contribution in [-0.4, -0.2) is 45.5 Å². The lowest BCUT2D eigenvalue weighted by Gasteiger charge is -2.42. The van der Waals surface area contributed by atoms with Gasteiger partial charge in [0.2, 0.25) is 5.95 Å². The van der Waals surface area contributed by atoms with Crippen LogP contribution in [0.1, 0.15) is 43.2 Å². The second-order valence-corrected chi connectivity index (χ2v) is 8.71. The maximum atomic E-state index is 13.4. The smallest absolute Gasteiger partial charge is 0.274 e. The van der Waals surface area contributed by atoms with Gasteiger partial charge in [0, 0.05) is 25.7 Å². The number of carbonyl (C=O) groups excluding carboxylic acids is 1. The van der Waals surface area contributed by atoms with Crippen molar-refractivity contribution in [2.75, 3.05) is 24.3 Å². The third kappa shape index (κ3) is 3.87. The van der Waals surface area contributed by atoms with Crippen LogP contribution in [0, 0.1) is 11.9 Å². The van der Waals surface area contributed by atoms with Crippen molar-refractivity contribution in [2.45, 2.75) is 38.3 Å². The predicted molar refractivity (Wildman–Crippen MR) is 114 cm³/mol. The van der Waals surface area contributed by atoms with Crippen molar-refractivity contribution >= 4 is 28.2 Å². The zero-order chi connectivity index (χ0) is 21.6. The first-order valence-corrected chi connectivity index (χ1v) is 9.98. The average Bonchev–Trinajstić information content (AvgIpc) is 3.00. The molecule has 0 saturated heterocycles. The molecule has 30 heavy (non-hydrogen) atoms. The molecule has 0 unspecified atom stereocenters. The Morgan fingerprint density at radius 2 is 2.03 bits per heavy atom. The van der Waals surface area contributed by atoms with E-state index in [-0.39, 0.29) is 17.7 Å². The highest BCUT2D eigenvalue weighted by atomic mass is 19.1. The number of pyridine rings is 1. The van der Waals surface area contributed by atoms with Gasteiger partial charge in [-0.2, -0.15) is 9.49 Å². The summed E-state index contributed by atoms with van der Waals surface area (Å²) in [7, 11) is 3.77. The number of nitrogens with one attached hydrogen (secondary N) is 1. The predicted octanol–water partition coefficient (Wildman–Crippen LogP) is 3.61. The minimum Gasteiger partial charge on any atom is -0.390 e. The number of hydrogen-bond acceptors (Lipinski definition) is 5. The van der Waals surface area contributed by atoms with Gasteiger partial charge < -0.3 is 15.3 Å². The minimum absolute atomic E-state index is 0.0163. The molecule has 2 aromatic heterocycles. The summed E-state index contributed by atoms with van der Waals surface area (Å²) < 4.78 is 15.3. The van der Waals surface area contributed by atoms with Gasteiger partial charge in [-0.15, -0.1) is 0 Å². The Labute approximate surface area is 174 Å². The van der Waals surface area contributed by atoms with Gasteiger partial charge >= 0.3 is 0 Å². The van der Waals surface area contributed by atoms with Crippen LogP contribution in [0.4, 0.5) is 15.8 Å². The molecule has 0 atom stereocenters. The van der Waals surface area contributed by atoms with Crippen LogP contribution >= 0.6 is 0 Å². The van der Waals surface area contributed by atoms with E-state index in [2.05, 4.69) is 10.3 Å². The van der Waals surface area contributed by atoms with Gasteiger partial charge in [-0.3, -0.25) is 9.48 Å². The molecule has 8 heteroatoms. The number of aromatic nitrogens is 3. The Hall–Kier alpha value is -3.00. The van der Waals surface area contributed by atoms with Crippen molar-refractivity contribution in [1.82, 2.24) is 14.8 Å². The summed E-state index contributed by atoms with van der Waals surface area (Å²) in [4.78, 5) is 18.1. The number of nitrogens with zero attached hydrogens (tertiary/aromatic N) is 4. The van der Waals surface area contributed by atoms with Crippen molar-refractivity contribution in [3.8, 4) is 0 Å². The topological polar surface area (TPSA) is 83.3 Å². The first-order valence-electron chi connectivity index (χ1n) is 9.98. The molecule has 2 N–H and O–H groups in total. The highest BCUT2D eigenvalue weighted by Gasteiger charge is 2.40. The first kappa shape index (κ1) is 20.3. The number of amides is 1. The fraction of sp³-hybridized carbons (Fsp3) is 0.409. The molecule has 2 heterocycles. The summed E-state index contributed by atoms with van der Waals surface area (Å²) in [6, 6.07) is 8.18. The van der Waals surface area contributed by atoms with E-state index in [1.54, 1.807) is 0 Å².